The molecule has 0 radical (unpaired) electrons. The van der Waals surface area contributed by atoms with Crippen molar-refractivity contribution in [3.05, 3.63) is 30.1 Å². The fourth-order valence-corrected chi connectivity index (χ4v) is 1.96. The van der Waals surface area contributed by atoms with Gasteiger partial charge in [0.25, 0.3) is 0 Å². The van der Waals surface area contributed by atoms with Gasteiger partial charge >= 0.3 is 0 Å². The van der Waals surface area contributed by atoms with E-state index in [0.29, 0.717) is 6.04 Å². The van der Waals surface area contributed by atoms with E-state index in [1.54, 1.807) is 0 Å². The van der Waals surface area contributed by atoms with Crippen LogP contribution < -0.4 is 5.32 Å². The molecule has 1 heterocycles. The maximum atomic E-state index is 4.19. The average molecular weight is 234 g/mol. The molecule has 1 aromatic heterocycles. The summed E-state index contributed by atoms with van der Waals surface area (Å²) in [5.74, 6) is 0.787. The first-order valence-electron chi connectivity index (χ1n) is 6.84. The van der Waals surface area contributed by atoms with Gasteiger partial charge in [0.2, 0.25) is 0 Å². The van der Waals surface area contributed by atoms with Crippen LogP contribution in [-0.4, -0.2) is 17.6 Å². The number of aromatic nitrogens is 1. The molecule has 0 bridgehead atoms. The Morgan fingerprint density at radius 2 is 2.12 bits per heavy atom. The van der Waals surface area contributed by atoms with Gasteiger partial charge in [0.15, 0.2) is 0 Å². The fourth-order valence-electron chi connectivity index (χ4n) is 1.96. The van der Waals surface area contributed by atoms with Crippen molar-refractivity contribution in [3.8, 4) is 0 Å². The third-order valence-electron chi connectivity index (χ3n) is 2.98. The van der Waals surface area contributed by atoms with Crippen LogP contribution in [0.4, 0.5) is 0 Å². The minimum absolute atomic E-state index is 0.599. The monoisotopic (exact) mass is 234 g/mol. The second-order valence-electron chi connectivity index (χ2n) is 5.19. The van der Waals surface area contributed by atoms with Crippen LogP contribution in [-0.2, 0) is 6.42 Å². The fraction of sp³-hybridized carbons (Fsp3) is 0.667. The topological polar surface area (TPSA) is 24.9 Å². The van der Waals surface area contributed by atoms with Crippen LogP contribution >= 0.6 is 0 Å². The van der Waals surface area contributed by atoms with E-state index in [-0.39, 0.29) is 0 Å². The molecule has 17 heavy (non-hydrogen) atoms. The molecule has 0 amide bonds. The summed E-state index contributed by atoms with van der Waals surface area (Å²) in [6.07, 6.45) is 8.67. The summed E-state index contributed by atoms with van der Waals surface area (Å²) in [5.41, 5.74) is 1.34. The van der Waals surface area contributed by atoms with Crippen LogP contribution in [0.1, 0.15) is 45.6 Å². The Morgan fingerprint density at radius 3 is 2.71 bits per heavy atom. The maximum Gasteiger partial charge on any atom is 0.0300 e. The maximum absolute atomic E-state index is 4.19. The lowest BCUT2D eigenvalue weighted by Crippen LogP contribution is -2.32. The van der Waals surface area contributed by atoms with E-state index >= 15 is 0 Å². The quantitative estimate of drug-likeness (QED) is 0.745. The predicted octanol–water partition coefficient (Wildman–Crippen LogP) is 3.43. The van der Waals surface area contributed by atoms with Crippen molar-refractivity contribution in [1.29, 1.82) is 0 Å². The number of hydrogen-bond acceptors (Lipinski definition) is 2. The minimum atomic E-state index is 0.599. The number of nitrogens with one attached hydrogen (secondary N) is 1. The number of hydrogen-bond donors (Lipinski definition) is 1. The van der Waals surface area contributed by atoms with Gasteiger partial charge in [-0.05, 0) is 49.8 Å². The van der Waals surface area contributed by atoms with Crippen molar-refractivity contribution in [2.45, 2.75) is 52.5 Å². The molecule has 1 aromatic rings. The molecule has 0 saturated carbocycles. The van der Waals surface area contributed by atoms with E-state index in [4.69, 9.17) is 0 Å². The highest BCUT2D eigenvalue weighted by Gasteiger charge is 2.09. The Bertz CT molecular complexity index is 282. The lowest BCUT2D eigenvalue weighted by molar-refractivity contribution is 0.427. The molecule has 96 valence electrons. The van der Waals surface area contributed by atoms with E-state index in [2.05, 4.69) is 37.1 Å². The van der Waals surface area contributed by atoms with Gasteiger partial charge < -0.3 is 5.32 Å². The molecule has 1 atom stereocenters. The lowest BCUT2D eigenvalue weighted by atomic mass is 9.98. The second kappa shape index (κ2) is 8.24. The van der Waals surface area contributed by atoms with Crippen molar-refractivity contribution < 1.29 is 0 Å². The van der Waals surface area contributed by atoms with Crippen molar-refractivity contribution in [2.75, 3.05) is 6.54 Å². The first-order valence-corrected chi connectivity index (χ1v) is 6.84. The number of pyridine rings is 1. The highest BCUT2D eigenvalue weighted by Crippen LogP contribution is 2.11. The molecule has 0 spiro atoms. The molecule has 0 aliphatic heterocycles. The SMILES string of the molecule is CCCNC(CCC(C)C)Cc1cccnc1. The normalized spacial score (nSPS) is 12.9. The van der Waals surface area contributed by atoms with Crippen molar-refractivity contribution >= 4 is 0 Å². The Hall–Kier alpha value is -0.890. The molecule has 2 heteroatoms. The Labute approximate surface area is 106 Å². The van der Waals surface area contributed by atoms with Crippen LogP contribution in [0, 0.1) is 5.92 Å². The highest BCUT2D eigenvalue weighted by atomic mass is 14.9. The van der Waals surface area contributed by atoms with E-state index in [0.717, 1.165) is 18.9 Å². The summed E-state index contributed by atoms with van der Waals surface area (Å²) < 4.78 is 0. The zero-order valence-corrected chi connectivity index (χ0v) is 11.4. The predicted molar refractivity (Wildman–Crippen MR) is 74.1 cm³/mol. The van der Waals surface area contributed by atoms with E-state index in [1.807, 2.05) is 18.5 Å². The zero-order chi connectivity index (χ0) is 12.5. The van der Waals surface area contributed by atoms with Crippen molar-refractivity contribution in [1.82, 2.24) is 10.3 Å². The smallest absolute Gasteiger partial charge is 0.0300 e. The van der Waals surface area contributed by atoms with Gasteiger partial charge in [0.05, 0.1) is 0 Å². The number of rotatable bonds is 8. The third kappa shape index (κ3) is 6.42. The molecule has 1 rings (SSSR count). The summed E-state index contributed by atoms with van der Waals surface area (Å²) in [6.45, 7) is 7.92. The summed E-state index contributed by atoms with van der Waals surface area (Å²) in [4.78, 5) is 4.19. The Kier molecular flexibility index (Phi) is 6.87. The van der Waals surface area contributed by atoms with Gasteiger partial charge in [0, 0.05) is 18.4 Å². The summed E-state index contributed by atoms with van der Waals surface area (Å²) in [6, 6.07) is 4.79. The summed E-state index contributed by atoms with van der Waals surface area (Å²) in [7, 11) is 0. The van der Waals surface area contributed by atoms with Gasteiger partial charge in [-0.25, -0.2) is 0 Å². The van der Waals surface area contributed by atoms with Crippen molar-refractivity contribution in [2.24, 2.45) is 5.92 Å². The molecular formula is C15H26N2. The average Bonchev–Trinajstić information content (AvgIpc) is 2.34. The molecule has 0 aliphatic rings. The van der Waals surface area contributed by atoms with E-state index in [9.17, 15) is 0 Å². The molecule has 1 unspecified atom stereocenters. The van der Waals surface area contributed by atoms with Gasteiger partial charge in [-0.2, -0.15) is 0 Å². The van der Waals surface area contributed by atoms with Crippen LogP contribution in [0.3, 0.4) is 0 Å². The second-order valence-corrected chi connectivity index (χ2v) is 5.19. The highest BCUT2D eigenvalue weighted by molar-refractivity contribution is 5.10. The third-order valence-corrected chi connectivity index (χ3v) is 2.98. The molecule has 0 aliphatic carbocycles. The summed E-state index contributed by atoms with van der Waals surface area (Å²) >= 11 is 0. The van der Waals surface area contributed by atoms with E-state index in [1.165, 1.54) is 24.8 Å². The minimum Gasteiger partial charge on any atom is -0.314 e. The van der Waals surface area contributed by atoms with Crippen LogP contribution in [0.15, 0.2) is 24.5 Å². The largest absolute Gasteiger partial charge is 0.314 e. The van der Waals surface area contributed by atoms with Crippen LogP contribution in [0.2, 0.25) is 0 Å². The van der Waals surface area contributed by atoms with E-state index < -0.39 is 0 Å². The van der Waals surface area contributed by atoms with Crippen LogP contribution in [0.25, 0.3) is 0 Å². The standard InChI is InChI=1S/C15H26N2/c1-4-9-17-15(8-7-13(2)3)11-14-6-5-10-16-12-14/h5-6,10,12-13,15,17H,4,7-9,11H2,1-3H3. The van der Waals surface area contributed by atoms with Gasteiger partial charge in [-0.1, -0.05) is 26.8 Å². The molecule has 1 N–H and O–H groups in total. The van der Waals surface area contributed by atoms with Crippen LogP contribution in [0.5, 0.6) is 0 Å². The molecule has 0 aromatic carbocycles. The summed E-state index contributed by atoms with van der Waals surface area (Å²) in [5, 5.41) is 3.65. The molecule has 0 saturated heterocycles. The van der Waals surface area contributed by atoms with Gasteiger partial charge in [0.1, 0.15) is 0 Å². The van der Waals surface area contributed by atoms with Crippen molar-refractivity contribution in [3.63, 3.8) is 0 Å². The zero-order valence-electron chi connectivity index (χ0n) is 11.4. The first kappa shape index (κ1) is 14.2. The molecule has 0 fully saturated rings. The first-order chi connectivity index (χ1) is 8.22. The van der Waals surface area contributed by atoms with Gasteiger partial charge in [-0.15, -0.1) is 0 Å². The molecular weight excluding hydrogens is 208 g/mol. The Balaban J connectivity index is 2.44. The lowest BCUT2D eigenvalue weighted by Gasteiger charge is -2.19. The number of nitrogens with zero attached hydrogens (tertiary/aromatic N) is 1. The Morgan fingerprint density at radius 1 is 1.29 bits per heavy atom. The van der Waals surface area contributed by atoms with Gasteiger partial charge in [-0.3, -0.25) is 4.98 Å². The molecule has 2 nitrogen and oxygen atoms in total.